The summed E-state index contributed by atoms with van der Waals surface area (Å²) in [6.07, 6.45) is 3.37. The van der Waals surface area contributed by atoms with Gasteiger partial charge in [-0.1, -0.05) is 52.5 Å². The third-order valence-corrected chi connectivity index (χ3v) is 4.38. The maximum Gasteiger partial charge on any atom is 0.335 e. The molecule has 24 heavy (non-hydrogen) atoms. The van der Waals surface area contributed by atoms with Gasteiger partial charge in [-0.15, -0.1) is 0 Å². The molecule has 2 rings (SSSR count). The van der Waals surface area contributed by atoms with Crippen LogP contribution >= 0.6 is 0 Å². The van der Waals surface area contributed by atoms with Crippen molar-refractivity contribution >= 4 is 17.5 Å². The van der Waals surface area contributed by atoms with Gasteiger partial charge in [-0.25, -0.2) is 9.59 Å². The lowest BCUT2D eigenvalue weighted by molar-refractivity contribution is -0.133. The van der Waals surface area contributed by atoms with Gasteiger partial charge in [0.25, 0.3) is 0 Å². The molecule has 0 aliphatic heterocycles. The van der Waals surface area contributed by atoms with Crippen LogP contribution in [0.4, 0.5) is 0 Å². The van der Waals surface area contributed by atoms with Gasteiger partial charge in [-0.2, -0.15) is 0 Å². The summed E-state index contributed by atoms with van der Waals surface area (Å²) >= 11 is 0. The summed E-state index contributed by atoms with van der Waals surface area (Å²) in [5, 5.41) is 18.5. The van der Waals surface area contributed by atoms with Crippen molar-refractivity contribution in [2.24, 2.45) is 5.92 Å². The van der Waals surface area contributed by atoms with E-state index in [0.717, 1.165) is 22.3 Å². The molecule has 4 heteroatoms. The van der Waals surface area contributed by atoms with Crippen LogP contribution in [-0.4, -0.2) is 22.2 Å². The highest BCUT2D eigenvalue weighted by molar-refractivity contribution is 5.95. The summed E-state index contributed by atoms with van der Waals surface area (Å²) in [4.78, 5) is 22.6. The molecule has 0 spiro atoms. The molecule has 126 valence electrons. The van der Waals surface area contributed by atoms with Crippen LogP contribution in [0.1, 0.15) is 49.2 Å². The Bertz CT molecular complexity index is 788. The second-order valence-corrected chi connectivity index (χ2v) is 7.07. The minimum Gasteiger partial charge on any atom is -0.478 e. The Morgan fingerprint density at radius 1 is 1.08 bits per heavy atom. The fourth-order valence-corrected chi connectivity index (χ4v) is 2.90. The van der Waals surface area contributed by atoms with Crippen LogP contribution in [-0.2, 0) is 10.2 Å². The third kappa shape index (κ3) is 3.18. The lowest BCUT2D eigenvalue weighted by Crippen LogP contribution is -2.19. The molecule has 1 aromatic rings. The van der Waals surface area contributed by atoms with E-state index in [1.807, 2.05) is 27.7 Å². The van der Waals surface area contributed by atoms with Crippen LogP contribution in [0.2, 0.25) is 0 Å². The minimum absolute atomic E-state index is 0.237. The number of benzene rings is 1. The maximum atomic E-state index is 11.3. The van der Waals surface area contributed by atoms with Gasteiger partial charge in [0.05, 0.1) is 5.56 Å². The average Bonchev–Trinajstić information content (AvgIpc) is 2.48. The summed E-state index contributed by atoms with van der Waals surface area (Å²) in [6.45, 7) is 12.0. The van der Waals surface area contributed by atoms with Crippen LogP contribution in [0.25, 0.3) is 5.57 Å². The molecular weight excluding hydrogens is 304 g/mol. The molecule has 0 aromatic heterocycles. The SMILES string of the molecule is C=C1C(c2ccc(C(=O)O)cc2C(C)(C)C)=CC=C(C(=O)O)C1C. The van der Waals surface area contributed by atoms with E-state index in [-0.39, 0.29) is 16.9 Å². The fraction of sp³-hybridized carbons (Fsp3) is 0.300. The third-order valence-electron chi connectivity index (χ3n) is 4.38. The summed E-state index contributed by atoms with van der Waals surface area (Å²) in [5.74, 6) is -2.21. The molecule has 0 saturated carbocycles. The zero-order chi connectivity index (χ0) is 18.2. The van der Waals surface area contributed by atoms with Gasteiger partial charge in [0, 0.05) is 11.5 Å². The smallest absolute Gasteiger partial charge is 0.335 e. The first-order valence-electron chi connectivity index (χ1n) is 7.76. The van der Waals surface area contributed by atoms with Crippen molar-refractivity contribution < 1.29 is 19.8 Å². The van der Waals surface area contributed by atoms with Crippen LogP contribution in [0, 0.1) is 5.92 Å². The molecule has 0 amide bonds. The number of hydrogen-bond donors (Lipinski definition) is 2. The van der Waals surface area contributed by atoms with E-state index >= 15 is 0 Å². The van der Waals surface area contributed by atoms with Gasteiger partial charge < -0.3 is 10.2 Å². The summed E-state index contributed by atoms with van der Waals surface area (Å²) in [6, 6.07) is 5.04. The first-order valence-corrected chi connectivity index (χ1v) is 7.76. The molecule has 1 aromatic carbocycles. The molecule has 0 fully saturated rings. The molecule has 0 saturated heterocycles. The number of aromatic carboxylic acids is 1. The van der Waals surface area contributed by atoms with Gasteiger partial charge in [-0.3, -0.25) is 0 Å². The molecule has 4 nitrogen and oxygen atoms in total. The van der Waals surface area contributed by atoms with Crippen molar-refractivity contribution in [1.82, 2.24) is 0 Å². The fourth-order valence-electron chi connectivity index (χ4n) is 2.90. The maximum absolute atomic E-state index is 11.3. The summed E-state index contributed by atoms with van der Waals surface area (Å²) in [5.41, 5.74) is 3.66. The zero-order valence-corrected chi connectivity index (χ0v) is 14.4. The Kier molecular flexibility index (Phi) is 4.52. The number of rotatable bonds is 3. The molecule has 1 aliphatic carbocycles. The quantitative estimate of drug-likeness (QED) is 0.869. The Balaban J connectivity index is 2.66. The molecule has 2 N–H and O–H groups in total. The second kappa shape index (κ2) is 6.11. The van der Waals surface area contributed by atoms with Crippen molar-refractivity contribution in [3.8, 4) is 0 Å². The van der Waals surface area contributed by atoms with Crippen molar-refractivity contribution in [1.29, 1.82) is 0 Å². The first-order chi connectivity index (χ1) is 11.0. The van der Waals surface area contributed by atoms with Gasteiger partial charge in [0.1, 0.15) is 0 Å². The standard InChI is InChI=1S/C20H22O4/c1-11-12(2)15(19(23)24)9-8-14(11)16-7-6-13(18(21)22)10-17(16)20(3,4)5/h6-10,12H,1H2,2-5H3,(H,21,22)(H,23,24). The molecule has 1 atom stereocenters. The molecule has 0 bridgehead atoms. The van der Waals surface area contributed by atoms with Crippen molar-refractivity contribution in [3.05, 3.63) is 64.8 Å². The van der Waals surface area contributed by atoms with E-state index in [0.29, 0.717) is 5.57 Å². The lowest BCUT2D eigenvalue weighted by Gasteiger charge is -2.28. The molecule has 1 aliphatic rings. The highest BCUT2D eigenvalue weighted by Crippen LogP contribution is 2.39. The number of carboxylic acids is 2. The monoisotopic (exact) mass is 326 g/mol. The van der Waals surface area contributed by atoms with Gasteiger partial charge in [-0.05, 0) is 39.8 Å². The highest BCUT2D eigenvalue weighted by Gasteiger charge is 2.28. The number of allylic oxidation sites excluding steroid dienone is 4. The Labute approximate surface area is 141 Å². The largest absolute Gasteiger partial charge is 0.478 e. The Morgan fingerprint density at radius 2 is 1.71 bits per heavy atom. The van der Waals surface area contributed by atoms with Gasteiger partial charge in [0.15, 0.2) is 0 Å². The molecule has 1 unspecified atom stereocenters. The van der Waals surface area contributed by atoms with E-state index in [1.54, 1.807) is 30.4 Å². The van der Waals surface area contributed by atoms with E-state index < -0.39 is 11.9 Å². The van der Waals surface area contributed by atoms with Crippen LogP contribution < -0.4 is 0 Å². The van der Waals surface area contributed by atoms with Crippen LogP contribution in [0.5, 0.6) is 0 Å². The second-order valence-electron chi connectivity index (χ2n) is 7.07. The van der Waals surface area contributed by atoms with E-state index in [1.165, 1.54) is 0 Å². The van der Waals surface area contributed by atoms with Crippen LogP contribution in [0.15, 0.2) is 48.1 Å². The molecule has 0 heterocycles. The predicted molar refractivity (Wildman–Crippen MR) is 94.1 cm³/mol. The van der Waals surface area contributed by atoms with E-state index in [2.05, 4.69) is 6.58 Å². The number of aliphatic carboxylic acids is 1. The summed E-state index contributed by atoms with van der Waals surface area (Å²) in [7, 11) is 0. The van der Waals surface area contributed by atoms with Crippen molar-refractivity contribution in [2.45, 2.75) is 33.1 Å². The molecular formula is C20H22O4. The van der Waals surface area contributed by atoms with Crippen molar-refractivity contribution in [2.75, 3.05) is 0 Å². The Hall–Kier alpha value is -2.62. The lowest BCUT2D eigenvalue weighted by atomic mass is 9.75. The summed E-state index contributed by atoms with van der Waals surface area (Å²) < 4.78 is 0. The number of carboxylic acid groups (broad SMARTS) is 2. The predicted octanol–water partition coefficient (Wildman–Crippen LogP) is 4.28. The van der Waals surface area contributed by atoms with Crippen molar-refractivity contribution in [3.63, 3.8) is 0 Å². The van der Waals surface area contributed by atoms with Crippen LogP contribution in [0.3, 0.4) is 0 Å². The normalized spacial score (nSPS) is 18.0. The minimum atomic E-state index is -0.968. The highest BCUT2D eigenvalue weighted by atomic mass is 16.4. The first kappa shape index (κ1) is 17.7. The van der Waals surface area contributed by atoms with E-state index in [4.69, 9.17) is 0 Å². The Morgan fingerprint density at radius 3 is 2.21 bits per heavy atom. The number of hydrogen-bond acceptors (Lipinski definition) is 2. The van der Waals surface area contributed by atoms with Gasteiger partial charge in [0.2, 0.25) is 0 Å². The van der Waals surface area contributed by atoms with Gasteiger partial charge >= 0.3 is 11.9 Å². The van der Waals surface area contributed by atoms with E-state index in [9.17, 15) is 19.8 Å². The number of carbonyl (C=O) groups is 2. The zero-order valence-electron chi connectivity index (χ0n) is 14.4. The average molecular weight is 326 g/mol. The molecule has 0 radical (unpaired) electrons. The topological polar surface area (TPSA) is 74.6 Å².